The topological polar surface area (TPSA) is 294 Å². The lowest BCUT2D eigenvalue weighted by Crippen LogP contribution is -2.30. The molecule has 0 saturated heterocycles. The molecule has 0 aliphatic heterocycles. The summed E-state index contributed by atoms with van der Waals surface area (Å²) in [4.78, 5) is 25.2. The van der Waals surface area contributed by atoms with Gasteiger partial charge in [0.2, 0.25) is 5.91 Å². The first kappa shape index (κ1) is 107. The molecule has 1 unspecified atom stereocenters. The number of ketones is 1. The first-order chi connectivity index (χ1) is 62.1. The minimum absolute atomic E-state index is 0.0431. The molecular formula is C98H152N2O26. The molecule has 0 heterocycles. The van der Waals surface area contributed by atoms with Gasteiger partial charge in [0.15, 0.2) is 0 Å². The number of benzene rings is 5. The predicted octanol–water partition coefficient (Wildman–Crippen LogP) is 11.6. The van der Waals surface area contributed by atoms with E-state index >= 15 is 0 Å². The van der Waals surface area contributed by atoms with Crippen LogP contribution in [-0.2, 0) is 141 Å². The highest BCUT2D eigenvalue weighted by atomic mass is 16.6. The molecule has 0 aromatic heterocycles. The second kappa shape index (κ2) is 70.1. The Kier molecular flexibility index (Phi) is 59.7. The van der Waals surface area contributed by atoms with E-state index in [4.69, 9.17) is 119 Å². The molecule has 5 aromatic rings. The fraction of sp³-hybridized carbons (Fsp3) is 0.673. The summed E-state index contributed by atoms with van der Waals surface area (Å²) in [7, 11) is 3.29. The maximum Gasteiger partial charge on any atom is 0.219 e. The van der Waals surface area contributed by atoms with Gasteiger partial charge in [-0.2, -0.15) is 0 Å². The molecule has 710 valence electrons. The van der Waals surface area contributed by atoms with Crippen LogP contribution >= 0.6 is 0 Å². The number of nitrogens with one attached hydrogen (secondary N) is 1. The Morgan fingerprint density at radius 3 is 0.873 bits per heavy atom. The lowest BCUT2D eigenvalue weighted by Gasteiger charge is -2.33. The van der Waals surface area contributed by atoms with Crippen molar-refractivity contribution in [2.75, 3.05) is 331 Å². The summed E-state index contributed by atoms with van der Waals surface area (Å²) in [6.45, 7) is 30.3. The summed E-state index contributed by atoms with van der Waals surface area (Å²) in [5.74, 6) is 0.325. The summed E-state index contributed by atoms with van der Waals surface area (Å²) in [5.41, 5.74) is 22.1. The van der Waals surface area contributed by atoms with Crippen molar-refractivity contribution in [1.82, 2.24) is 5.32 Å². The molecule has 0 bridgehead atoms. The van der Waals surface area contributed by atoms with Gasteiger partial charge in [-0.3, -0.25) is 9.59 Å². The van der Waals surface area contributed by atoms with Crippen molar-refractivity contribution in [3.8, 4) is 44.5 Å². The van der Waals surface area contributed by atoms with Gasteiger partial charge in [0, 0.05) is 64.1 Å². The highest BCUT2D eigenvalue weighted by molar-refractivity contribution is 5.88. The van der Waals surface area contributed by atoms with E-state index in [2.05, 4.69) is 116 Å². The second-order valence-corrected chi connectivity index (χ2v) is 30.8. The van der Waals surface area contributed by atoms with Crippen LogP contribution in [0.15, 0.2) is 97.1 Å². The smallest absolute Gasteiger partial charge is 0.219 e. The van der Waals surface area contributed by atoms with Crippen molar-refractivity contribution in [2.45, 2.75) is 102 Å². The van der Waals surface area contributed by atoms with Crippen LogP contribution in [0.2, 0.25) is 0 Å². The Balaban J connectivity index is 0.820. The van der Waals surface area contributed by atoms with Crippen molar-refractivity contribution in [3.63, 3.8) is 0 Å². The van der Waals surface area contributed by atoms with E-state index in [0.29, 0.717) is 336 Å². The quantitative estimate of drug-likeness (QED) is 0.0342. The molecule has 28 nitrogen and oxygen atoms in total. The minimum Gasteiger partial charge on any atom is -0.382 e. The predicted molar refractivity (Wildman–Crippen MR) is 485 cm³/mol. The van der Waals surface area contributed by atoms with E-state index in [9.17, 15) is 9.59 Å². The third-order valence-corrected chi connectivity index (χ3v) is 21.6. The molecule has 126 heavy (non-hydrogen) atoms. The molecule has 2 aliphatic carbocycles. The van der Waals surface area contributed by atoms with Crippen LogP contribution in [0.1, 0.15) is 111 Å². The van der Waals surface area contributed by atoms with Gasteiger partial charge in [0.05, 0.1) is 291 Å². The summed E-state index contributed by atoms with van der Waals surface area (Å²) in [6, 6.07) is 36.8. The summed E-state index contributed by atoms with van der Waals surface area (Å²) in [5, 5.41) is 3.22. The van der Waals surface area contributed by atoms with Gasteiger partial charge in [-0.25, -0.2) is 0 Å². The van der Waals surface area contributed by atoms with Gasteiger partial charge in [0.25, 0.3) is 0 Å². The van der Waals surface area contributed by atoms with Crippen LogP contribution in [0.4, 0.5) is 0 Å². The number of methoxy groups -OCH3 is 2. The van der Waals surface area contributed by atoms with Crippen molar-refractivity contribution < 1.29 is 123 Å². The lowest BCUT2D eigenvalue weighted by atomic mass is 9.70. The molecule has 2 aliphatic rings. The first-order valence-electron chi connectivity index (χ1n) is 46.0. The van der Waals surface area contributed by atoms with Crippen molar-refractivity contribution in [1.29, 1.82) is 0 Å². The number of hydrogen-bond donors (Lipinski definition) is 2. The summed E-state index contributed by atoms with van der Waals surface area (Å²) in [6.07, 6.45) is 8.11. The number of carbonyl (C=O) groups is 2. The van der Waals surface area contributed by atoms with E-state index in [-0.39, 0.29) is 17.1 Å². The van der Waals surface area contributed by atoms with Crippen LogP contribution in [0.25, 0.3) is 44.5 Å². The highest BCUT2D eigenvalue weighted by Crippen LogP contribution is 2.56. The number of hydrogen-bond acceptors (Lipinski definition) is 27. The van der Waals surface area contributed by atoms with Gasteiger partial charge >= 0.3 is 0 Å². The Bertz CT molecular complexity index is 3500. The van der Waals surface area contributed by atoms with Gasteiger partial charge in [-0.15, -0.1) is 0 Å². The van der Waals surface area contributed by atoms with Gasteiger partial charge in [0.1, 0.15) is 5.78 Å². The molecule has 0 saturated carbocycles. The fourth-order valence-corrected chi connectivity index (χ4v) is 14.9. The first-order valence-corrected chi connectivity index (χ1v) is 46.0. The maximum absolute atomic E-state index is 12.8. The number of carbonyl (C=O) groups excluding carboxylic acids is 2. The van der Waals surface area contributed by atoms with Crippen LogP contribution < -0.4 is 11.1 Å². The number of Topliss-reactive ketones (excluding diaryl/α,β-unsaturated/α-hetero) is 1. The monoisotopic (exact) mass is 1770 g/mol. The molecule has 0 fully saturated rings. The Labute approximate surface area is 750 Å². The molecule has 3 N–H and O–H groups in total. The molecule has 0 spiro atoms. The van der Waals surface area contributed by atoms with E-state index in [0.717, 1.165) is 73.6 Å². The summed E-state index contributed by atoms with van der Waals surface area (Å²) < 4.78 is 135. The Hall–Kier alpha value is -5.76. The third kappa shape index (κ3) is 43.5. The number of ether oxygens (including phenoxy) is 24. The molecule has 1 atom stereocenters. The number of rotatable bonds is 87. The van der Waals surface area contributed by atoms with Crippen molar-refractivity contribution in [2.24, 2.45) is 5.73 Å². The molecular weight excluding hydrogens is 1620 g/mol. The van der Waals surface area contributed by atoms with Crippen LogP contribution in [0, 0.1) is 6.92 Å². The lowest BCUT2D eigenvalue weighted by molar-refractivity contribution is -0.121. The number of nitrogens with two attached hydrogens (primary N) is 1. The molecule has 7 rings (SSSR count). The molecule has 1 amide bonds. The van der Waals surface area contributed by atoms with E-state index in [1.54, 1.807) is 14.2 Å². The Morgan fingerprint density at radius 1 is 0.302 bits per heavy atom. The summed E-state index contributed by atoms with van der Waals surface area (Å²) >= 11 is 0. The van der Waals surface area contributed by atoms with Crippen molar-refractivity contribution in [3.05, 3.63) is 130 Å². The zero-order valence-electron chi connectivity index (χ0n) is 76.6. The average Bonchev–Trinajstić information content (AvgIpc) is 1.56. The van der Waals surface area contributed by atoms with Crippen LogP contribution in [-0.4, -0.2) is 343 Å². The second-order valence-electron chi connectivity index (χ2n) is 30.8. The number of fused-ring (bicyclic) bond motifs is 6. The standard InChI is InChI=1S/C98H152N2O26/c1-6-96(102)100-30-28-97(3)92-78-84(83-17-15-82(16-18-83)11-7-12-87(101)13-8-29-99)19-23-88(92)89-24-20-85(79-93(89)97)86-21-25-91-90-22-14-81(2)77-94(90)98(95(91)80-86,26-9-31-105-37-39-109-45-47-113-53-55-117-61-63-121-69-71-125-75-73-123-67-65-119-59-57-115-51-49-111-43-41-107-35-33-103-4)27-10-32-106-38-40-110-46-48-114-54-56-118-62-64-122-70-72-126-76-74-124-68-66-120-60-58-116-52-50-112-44-42-108-36-34-104-5/h14-25,77-80H,6-13,26-76,99H2,1-5H3,(H,100,102). The Morgan fingerprint density at radius 2 is 0.563 bits per heavy atom. The van der Waals surface area contributed by atoms with Crippen LogP contribution in [0.5, 0.6) is 0 Å². The van der Waals surface area contributed by atoms with Crippen LogP contribution in [0.3, 0.4) is 0 Å². The van der Waals surface area contributed by atoms with Crippen molar-refractivity contribution >= 4 is 11.7 Å². The number of amides is 1. The van der Waals surface area contributed by atoms with E-state index < -0.39 is 5.41 Å². The fourth-order valence-electron chi connectivity index (χ4n) is 14.9. The zero-order chi connectivity index (χ0) is 88.9. The minimum atomic E-state index is -0.407. The third-order valence-electron chi connectivity index (χ3n) is 21.6. The van der Waals surface area contributed by atoms with E-state index in [1.807, 2.05) is 6.92 Å². The van der Waals surface area contributed by atoms with Gasteiger partial charge < -0.3 is 125 Å². The van der Waals surface area contributed by atoms with Gasteiger partial charge in [-0.05, 0) is 155 Å². The SMILES string of the molecule is CCC(=O)NCCC1(C)c2cc(-c3ccc(CCCC(=O)CCCN)cc3)ccc2-c2ccc(-c3ccc4c(c3)C(CCCOCCOCCOCCOCCOCCOCCOCCOCCOCCOCCOCCOC)(CCCOCCOCCOCCOCCOCCOCCOCCOCCOCCOCCOCCOC)c3cc(C)ccc3-4)cc21. The maximum atomic E-state index is 12.8. The van der Waals surface area contributed by atoms with Gasteiger partial charge in [-0.1, -0.05) is 98.3 Å². The molecule has 5 aromatic carbocycles. The molecule has 28 heteroatoms. The average molecular weight is 1770 g/mol. The zero-order valence-corrected chi connectivity index (χ0v) is 76.6. The molecule has 0 radical (unpaired) electrons. The normalized spacial score (nSPS) is 13.7. The number of aryl methyl sites for hydroxylation is 2. The largest absolute Gasteiger partial charge is 0.382 e. The highest BCUT2D eigenvalue weighted by Gasteiger charge is 2.44. The van der Waals surface area contributed by atoms with E-state index in [1.165, 1.54) is 55.6 Å².